The Bertz CT molecular complexity index is 1070. The molecule has 11 nitrogen and oxygen atoms in total. The van der Waals surface area contributed by atoms with E-state index in [4.69, 9.17) is 4.98 Å². The number of anilines is 2. The van der Waals surface area contributed by atoms with Gasteiger partial charge in [-0.1, -0.05) is 0 Å². The molecule has 3 aromatic rings. The molecule has 0 saturated carbocycles. The van der Waals surface area contributed by atoms with Gasteiger partial charge in [0.2, 0.25) is 11.8 Å². The maximum atomic E-state index is 11.9. The first kappa shape index (κ1) is 20.4. The molecule has 2 atom stereocenters. The lowest BCUT2D eigenvalue weighted by molar-refractivity contribution is -0.385. The van der Waals surface area contributed by atoms with Crippen LogP contribution in [0.1, 0.15) is 54.9 Å². The first-order valence-corrected chi connectivity index (χ1v) is 11.1. The number of aromatic amines is 2. The number of hydrogen-bond donors (Lipinski definition) is 2. The first-order valence-electron chi connectivity index (χ1n) is 11.1. The molecule has 2 N–H and O–H groups in total. The largest absolute Gasteiger partial charge is 0.350 e. The van der Waals surface area contributed by atoms with Crippen LogP contribution in [0.3, 0.4) is 0 Å². The summed E-state index contributed by atoms with van der Waals surface area (Å²) in [6.07, 6.45) is 11.1. The minimum absolute atomic E-state index is 0.00608. The minimum atomic E-state index is -0.354. The van der Waals surface area contributed by atoms with Gasteiger partial charge in [-0.05, 0) is 32.6 Å². The monoisotopic (exact) mass is 437 g/mol. The summed E-state index contributed by atoms with van der Waals surface area (Å²) in [5.41, 5.74) is 0.392. The van der Waals surface area contributed by atoms with E-state index in [-0.39, 0.29) is 22.4 Å². The number of aryl methyl sites for hydroxylation is 1. The topological polar surface area (TPSA) is 133 Å². The van der Waals surface area contributed by atoms with E-state index in [1.807, 2.05) is 17.3 Å². The summed E-state index contributed by atoms with van der Waals surface area (Å²) in [4.78, 5) is 40.3. The Kier molecular flexibility index (Phi) is 5.46. The van der Waals surface area contributed by atoms with Crippen molar-refractivity contribution < 1.29 is 4.92 Å². The van der Waals surface area contributed by atoms with Crippen molar-refractivity contribution >= 4 is 17.5 Å². The smallest absolute Gasteiger partial charge is 0.332 e. The molecule has 5 rings (SSSR count). The van der Waals surface area contributed by atoms with Crippen molar-refractivity contribution in [3.63, 3.8) is 0 Å². The molecule has 3 aromatic heterocycles. The molecule has 2 saturated heterocycles. The van der Waals surface area contributed by atoms with Gasteiger partial charge in [-0.15, -0.1) is 0 Å². The van der Waals surface area contributed by atoms with Crippen LogP contribution in [0.15, 0.2) is 24.8 Å². The summed E-state index contributed by atoms with van der Waals surface area (Å²) >= 11 is 0. The molecular formula is C21H27N9O2. The van der Waals surface area contributed by atoms with Gasteiger partial charge in [-0.25, -0.2) is 15.0 Å². The molecule has 5 heterocycles. The zero-order valence-electron chi connectivity index (χ0n) is 18.1. The van der Waals surface area contributed by atoms with Gasteiger partial charge in [-0.3, -0.25) is 10.1 Å². The van der Waals surface area contributed by atoms with Crippen LogP contribution < -0.4 is 9.80 Å². The van der Waals surface area contributed by atoms with Crippen molar-refractivity contribution in [3.05, 3.63) is 52.2 Å². The third-order valence-corrected chi connectivity index (χ3v) is 6.45. The zero-order valence-corrected chi connectivity index (χ0v) is 18.1. The van der Waals surface area contributed by atoms with E-state index in [0.29, 0.717) is 24.0 Å². The molecule has 0 radical (unpaired) electrons. The number of H-pyrrole nitrogens is 2. The van der Waals surface area contributed by atoms with Crippen LogP contribution in [0.25, 0.3) is 0 Å². The van der Waals surface area contributed by atoms with Gasteiger partial charge in [0.05, 0.1) is 4.92 Å². The van der Waals surface area contributed by atoms with Crippen molar-refractivity contribution in [2.45, 2.75) is 44.4 Å². The summed E-state index contributed by atoms with van der Waals surface area (Å²) in [6.45, 7) is 4.62. The lowest BCUT2D eigenvalue weighted by Crippen LogP contribution is -2.38. The van der Waals surface area contributed by atoms with E-state index in [0.717, 1.165) is 57.0 Å². The highest BCUT2D eigenvalue weighted by Crippen LogP contribution is 2.36. The maximum Gasteiger partial charge on any atom is 0.332 e. The number of rotatable bonds is 5. The third kappa shape index (κ3) is 3.90. The number of imidazole rings is 2. The Morgan fingerprint density at radius 2 is 1.56 bits per heavy atom. The van der Waals surface area contributed by atoms with Crippen molar-refractivity contribution in [1.82, 2.24) is 29.9 Å². The van der Waals surface area contributed by atoms with Gasteiger partial charge in [-0.2, -0.15) is 4.98 Å². The summed E-state index contributed by atoms with van der Waals surface area (Å²) in [5.74, 6) is 3.30. The standard InChI is InChI=1S/C21H27N9O2/c1-14-17(30(31)32)20(28-10-2-4-15(12-28)18-22-6-7-23-18)27-21(26-14)29-11-3-5-16(13-29)19-24-8-9-25-19/h6-9,15-16H,2-5,10-13H2,1H3,(H,22,23)(H,24,25). The van der Waals surface area contributed by atoms with Crippen LogP contribution >= 0.6 is 0 Å². The Hall–Kier alpha value is -3.50. The summed E-state index contributed by atoms with van der Waals surface area (Å²) < 4.78 is 0. The molecule has 2 fully saturated rings. The predicted octanol–water partition coefficient (Wildman–Crippen LogP) is 2.91. The van der Waals surface area contributed by atoms with E-state index in [9.17, 15) is 10.1 Å². The highest BCUT2D eigenvalue weighted by molar-refractivity contribution is 5.63. The Balaban J connectivity index is 1.46. The highest BCUT2D eigenvalue weighted by atomic mass is 16.6. The normalized spacial score (nSPS) is 21.7. The lowest BCUT2D eigenvalue weighted by atomic mass is 9.97. The Morgan fingerprint density at radius 1 is 0.969 bits per heavy atom. The lowest BCUT2D eigenvalue weighted by Gasteiger charge is -2.34. The molecule has 0 bridgehead atoms. The average molecular weight is 438 g/mol. The number of hydrogen-bond acceptors (Lipinski definition) is 8. The second-order valence-electron chi connectivity index (χ2n) is 8.56. The number of nitrogens with zero attached hydrogens (tertiary/aromatic N) is 7. The number of nitrogens with one attached hydrogen (secondary N) is 2. The number of aromatic nitrogens is 6. The fraction of sp³-hybridized carbons (Fsp3) is 0.524. The van der Waals surface area contributed by atoms with Crippen LogP contribution in [0.2, 0.25) is 0 Å². The van der Waals surface area contributed by atoms with Gasteiger partial charge in [0, 0.05) is 62.8 Å². The second-order valence-corrected chi connectivity index (χ2v) is 8.56. The van der Waals surface area contributed by atoms with E-state index in [1.165, 1.54) is 0 Å². The summed E-state index contributed by atoms with van der Waals surface area (Å²) in [5, 5.41) is 11.9. The summed E-state index contributed by atoms with van der Waals surface area (Å²) in [7, 11) is 0. The molecule has 32 heavy (non-hydrogen) atoms. The van der Waals surface area contributed by atoms with Gasteiger partial charge < -0.3 is 19.8 Å². The average Bonchev–Trinajstić information content (AvgIpc) is 3.53. The van der Waals surface area contributed by atoms with Gasteiger partial charge in [0.25, 0.3) is 0 Å². The van der Waals surface area contributed by atoms with Gasteiger partial charge in [0.1, 0.15) is 17.3 Å². The molecule has 0 aliphatic carbocycles. The van der Waals surface area contributed by atoms with Gasteiger partial charge >= 0.3 is 5.69 Å². The first-order chi connectivity index (χ1) is 15.6. The van der Waals surface area contributed by atoms with Crippen molar-refractivity contribution in [2.24, 2.45) is 0 Å². The van der Waals surface area contributed by atoms with Crippen LogP contribution in [-0.2, 0) is 0 Å². The van der Waals surface area contributed by atoms with Crippen LogP contribution in [0.5, 0.6) is 0 Å². The van der Waals surface area contributed by atoms with E-state index in [1.54, 1.807) is 19.3 Å². The van der Waals surface area contributed by atoms with E-state index < -0.39 is 0 Å². The highest BCUT2D eigenvalue weighted by Gasteiger charge is 2.33. The quantitative estimate of drug-likeness (QED) is 0.460. The molecule has 2 aliphatic heterocycles. The Labute approximate surface area is 185 Å². The predicted molar refractivity (Wildman–Crippen MR) is 119 cm³/mol. The van der Waals surface area contributed by atoms with E-state index in [2.05, 4.69) is 29.8 Å². The maximum absolute atomic E-state index is 11.9. The zero-order chi connectivity index (χ0) is 22.1. The fourth-order valence-electron chi connectivity index (χ4n) is 4.89. The van der Waals surface area contributed by atoms with Gasteiger partial charge in [0.15, 0.2) is 0 Å². The molecule has 0 aromatic carbocycles. The molecular weight excluding hydrogens is 410 g/mol. The molecule has 168 valence electrons. The van der Waals surface area contributed by atoms with Crippen molar-refractivity contribution in [2.75, 3.05) is 36.0 Å². The van der Waals surface area contributed by atoms with Crippen LogP contribution in [0.4, 0.5) is 17.5 Å². The molecule has 2 aliphatic rings. The third-order valence-electron chi connectivity index (χ3n) is 6.45. The Morgan fingerprint density at radius 3 is 2.12 bits per heavy atom. The van der Waals surface area contributed by atoms with Crippen molar-refractivity contribution in [1.29, 1.82) is 0 Å². The van der Waals surface area contributed by atoms with E-state index >= 15 is 0 Å². The fourth-order valence-corrected chi connectivity index (χ4v) is 4.89. The second kappa shape index (κ2) is 8.56. The van der Waals surface area contributed by atoms with Crippen molar-refractivity contribution in [3.8, 4) is 0 Å². The van der Waals surface area contributed by atoms with Crippen LogP contribution in [-0.4, -0.2) is 61.0 Å². The van der Waals surface area contributed by atoms with Crippen LogP contribution in [0, 0.1) is 17.0 Å². The minimum Gasteiger partial charge on any atom is -0.350 e. The SMILES string of the molecule is Cc1nc(N2CCCC(c3ncc[nH]3)C2)nc(N2CCCC(c3ncc[nH]3)C2)c1[N+](=O)[O-]. The summed E-state index contributed by atoms with van der Waals surface area (Å²) in [6, 6.07) is 0. The molecule has 0 amide bonds. The number of nitro groups is 1. The molecule has 11 heteroatoms. The molecule has 0 spiro atoms. The molecule has 2 unspecified atom stereocenters. The number of piperidine rings is 2.